The molecule has 0 aliphatic carbocycles. The number of halogens is 1. The minimum absolute atomic E-state index is 0.0882. The van der Waals surface area contributed by atoms with E-state index in [2.05, 4.69) is 5.32 Å². The van der Waals surface area contributed by atoms with Crippen LogP contribution in [0.3, 0.4) is 0 Å². The number of hydrogen-bond donors (Lipinski definition) is 1. The van der Waals surface area contributed by atoms with E-state index < -0.39 is 4.92 Å². The number of rotatable bonds is 4. The molecule has 0 bridgehead atoms. The van der Waals surface area contributed by atoms with Gasteiger partial charge in [0.05, 0.1) is 4.92 Å². The van der Waals surface area contributed by atoms with Gasteiger partial charge in [-0.05, 0) is 23.8 Å². The van der Waals surface area contributed by atoms with E-state index in [1.54, 1.807) is 6.07 Å². The Morgan fingerprint density at radius 3 is 2.83 bits per heavy atom. The molecule has 0 unspecified atom stereocenters. The van der Waals surface area contributed by atoms with Crippen LogP contribution < -0.4 is 5.32 Å². The van der Waals surface area contributed by atoms with Crippen molar-refractivity contribution in [2.45, 2.75) is 6.54 Å². The topological polar surface area (TPSA) is 60.1 Å². The van der Waals surface area contributed by atoms with Crippen molar-refractivity contribution in [2.75, 3.05) is 5.32 Å². The number of benzene rings is 1. The van der Waals surface area contributed by atoms with Crippen molar-refractivity contribution in [3.63, 3.8) is 0 Å². The molecule has 6 heteroatoms. The Balaban J connectivity index is 2.10. The molecule has 0 aliphatic rings. The lowest BCUT2D eigenvalue weighted by Gasteiger charge is -2.05. The molecule has 94 valence electrons. The van der Waals surface area contributed by atoms with Crippen molar-refractivity contribution in [1.82, 2.24) is 4.57 Å². The average molecular weight is 266 g/mol. The molecule has 1 aromatic carbocycles. The number of nitro groups is 1. The molecule has 0 radical (unpaired) electrons. The lowest BCUT2D eigenvalue weighted by molar-refractivity contribution is -0.384. The highest BCUT2D eigenvalue weighted by molar-refractivity contribution is 6.32. The highest BCUT2D eigenvalue weighted by atomic mass is 35.5. The van der Waals surface area contributed by atoms with Crippen LogP contribution in [0.25, 0.3) is 0 Å². The molecule has 0 atom stereocenters. The minimum Gasteiger partial charge on any atom is -0.381 e. The number of hydrogen-bond acceptors (Lipinski definition) is 3. The summed E-state index contributed by atoms with van der Waals surface area (Å²) in [7, 11) is 1.94. The van der Waals surface area contributed by atoms with E-state index in [1.165, 1.54) is 12.1 Å². The number of anilines is 1. The Bertz CT molecular complexity index is 580. The summed E-state index contributed by atoms with van der Waals surface area (Å²) in [6, 6.07) is 6.66. The van der Waals surface area contributed by atoms with Crippen molar-refractivity contribution >= 4 is 23.0 Å². The van der Waals surface area contributed by atoms with E-state index in [9.17, 15) is 10.1 Å². The fourth-order valence-electron chi connectivity index (χ4n) is 1.63. The summed E-state index contributed by atoms with van der Waals surface area (Å²) >= 11 is 5.74. The zero-order valence-electron chi connectivity index (χ0n) is 9.76. The first kappa shape index (κ1) is 12.4. The van der Waals surface area contributed by atoms with Crippen molar-refractivity contribution < 1.29 is 4.92 Å². The van der Waals surface area contributed by atoms with Gasteiger partial charge in [-0.3, -0.25) is 10.1 Å². The second-order valence-electron chi connectivity index (χ2n) is 3.96. The van der Waals surface area contributed by atoms with Crippen LogP contribution in [0.2, 0.25) is 5.02 Å². The molecule has 0 aliphatic heterocycles. The van der Waals surface area contributed by atoms with E-state index in [0.717, 1.165) is 5.56 Å². The van der Waals surface area contributed by atoms with Gasteiger partial charge in [-0.15, -0.1) is 0 Å². The third-order valence-electron chi connectivity index (χ3n) is 2.53. The Kier molecular flexibility index (Phi) is 3.53. The van der Waals surface area contributed by atoms with Gasteiger partial charge in [-0.1, -0.05) is 11.6 Å². The molecule has 1 heterocycles. The second kappa shape index (κ2) is 5.10. The molecule has 2 rings (SSSR count). The Hall–Kier alpha value is -2.01. The number of nitro benzene ring substituents is 1. The van der Waals surface area contributed by atoms with Crippen LogP contribution in [0, 0.1) is 10.1 Å². The number of nitrogens with zero attached hydrogens (tertiary/aromatic N) is 2. The molecule has 1 N–H and O–H groups in total. The maximum Gasteiger partial charge on any atom is 0.289 e. The molecule has 0 fully saturated rings. The van der Waals surface area contributed by atoms with E-state index in [-0.39, 0.29) is 10.7 Å². The number of aromatic nitrogens is 1. The molecule has 2 aromatic rings. The first-order valence-corrected chi connectivity index (χ1v) is 5.73. The average Bonchev–Trinajstić information content (AvgIpc) is 2.74. The lowest BCUT2D eigenvalue weighted by atomic mass is 10.2. The molecule has 0 amide bonds. The lowest BCUT2D eigenvalue weighted by Crippen LogP contribution is -1.99. The second-order valence-corrected chi connectivity index (χ2v) is 4.37. The molecular formula is C12H12ClN3O2. The summed E-state index contributed by atoms with van der Waals surface area (Å²) < 4.78 is 1.95. The van der Waals surface area contributed by atoms with Crippen LogP contribution in [0.15, 0.2) is 36.7 Å². The largest absolute Gasteiger partial charge is 0.381 e. The first-order valence-electron chi connectivity index (χ1n) is 5.35. The maximum absolute atomic E-state index is 10.7. The Labute approximate surface area is 109 Å². The highest BCUT2D eigenvalue weighted by Gasteiger charge is 2.12. The van der Waals surface area contributed by atoms with E-state index in [0.29, 0.717) is 12.2 Å². The van der Waals surface area contributed by atoms with Gasteiger partial charge in [0.15, 0.2) is 0 Å². The van der Waals surface area contributed by atoms with Crippen molar-refractivity contribution in [3.8, 4) is 0 Å². The van der Waals surface area contributed by atoms with Crippen molar-refractivity contribution in [2.24, 2.45) is 7.05 Å². The summed E-state index contributed by atoms with van der Waals surface area (Å²) in [5.41, 5.74) is 1.69. The zero-order chi connectivity index (χ0) is 13.1. The molecular weight excluding hydrogens is 254 g/mol. The smallest absolute Gasteiger partial charge is 0.289 e. The predicted molar refractivity (Wildman–Crippen MR) is 70.8 cm³/mol. The summed E-state index contributed by atoms with van der Waals surface area (Å²) in [6.07, 6.45) is 3.93. The minimum atomic E-state index is -0.490. The molecule has 0 spiro atoms. The SMILES string of the molecule is Cn1ccc(CNc2ccc(Cl)c([N+](=O)[O-])c2)c1. The van der Waals surface area contributed by atoms with Gasteiger partial charge in [0.1, 0.15) is 5.02 Å². The van der Waals surface area contributed by atoms with Crippen molar-refractivity contribution in [1.29, 1.82) is 0 Å². The van der Waals surface area contributed by atoms with Crippen LogP contribution >= 0.6 is 11.6 Å². The van der Waals surface area contributed by atoms with Gasteiger partial charge in [-0.25, -0.2) is 0 Å². The van der Waals surface area contributed by atoms with Crippen LogP contribution in [0.1, 0.15) is 5.56 Å². The fraction of sp³-hybridized carbons (Fsp3) is 0.167. The Morgan fingerprint density at radius 1 is 1.44 bits per heavy atom. The first-order chi connectivity index (χ1) is 8.56. The van der Waals surface area contributed by atoms with Crippen LogP contribution in [-0.2, 0) is 13.6 Å². The zero-order valence-corrected chi connectivity index (χ0v) is 10.5. The summed E-state index contributed by atoms with van der Waals surface area (Å²) in [5.74, 6) is 0. The third-order valence-corrected chi connectivity index (χ3v) is 2.85. The van der Waals surface area contributed by atoms with Crippen molar-refractivity contribution in [3.05, 3.63) is 57.4 Å². The molecule has 1 aromatic heterocycles. The van der Waals surface area contributed by atoms with E-state index >= 15 is 0 Å². The normalized spacial score (nSPS) is 10.3. The van der Waals surface area contributed by atoms with Gasteiger partial charge >= 0.3 is 0 Å². The third kappa shape index (κ3) is 2.81. The van der Waals surface area contributed by atoms with Crippen LogP contribution in [-0.4, -0.2) is 9.49 Å². The summed E-state index contributed by atoms with van der Waals surface area (Å²) in [5, 5.41) is 14.0. The van der Waals surface area contributed by atoms with Crippen LogP contribution in [0.5, 0.6) is 0 Å². The predicted octanol–water partition coefficient (Wildman–Crippen LogP) is 3.20. The molecule has 18 heavy (non-hydrogen) atoms. The summed E-state index contributed by atoms with van der Waals surface area (Å²) in [4.78, 5) is 10.3. The van der Waals surface area contributed by atoms with Gasteiger partial charge in [-0.2, -0.15) is 0 Å². The highest BCUT2D eigenvalue weighted by Crippen LogP contribution is 2.27. The molecule has 5 nitrogen and oxygen atoms in total. The fourth-order valence-corrected chi connectivity index (χ4v) is 1.82. The van der Waals surface area contributed by atoms with Gasteiger partial charge < -0.3 is 9.88 Å². The Morgan fingerprint density at radius 2 is 2.22 bits per heavy atom. The van der Waals surface area contributed by atoms with Gasteiger partial charge in [0.2, 0.25) is 0 Å². The maximum atomic E-state index is 10.7. The standard InChI is InChI=1S/C12H12ClN3O2/c1-15-5-4-9(8-15)7-14-10-2-3-11(13)12(6-10)16(17)18/h2-6,8,14H,7H2,1H3. The quantitative estimate of drug-likeness (QED) is 0.682. The van der Waals surface area contributed by atoms with E-state index in [4.69, 9.17) is 11.6 Å². The number of aryl methyl sites for hydroxylation is 1. The van der Waals surface area contributed by atoms with Gasteiger partial charge in [0.25, 0.3) is 5.69 Å². The monoisotopic (exact) mass is 265 g/mol. The van der Waals surface area contributed by atoms with E-state index in [1.807, 2.05) is 30.1 Å². The van der Waals surface area contributed by atoms with Crippen LogP contribution in [0.4, 0.5) is 11.4 Å². The van der Waals surface area contributed by atoms with Gasteiger partial charge in [0, 0.05) is 37.7 Å². The molecule has 0 saturated heterocycles. The summed E-state index contributed by atoms with van der Waals surface area (Å²) in [6.45, 7) is 0.611. The number of nitrogens with one attached hydrogen (secondary N) is 1. The molecule has 0 saturated carbocycles.